The first-order chi connectivity index (χ1) is 10.0. The molecule has 1 heterocycles. The predicted octanol–water partition coefficient (Wildman–Crippen LogP) is 4.85. The zero-order chi connectivity index (χ0) is 15.4. The van der Waals surface area contributed by atoms with Crippen LogP contribution in [0.25, 0.3) is 0 Å². The van der Waals surface area contributed by atoms with Crippen molar-refractivity contribution in [1.82, 2.24) is 9.78 Å². The summed E-state index contributed by atoms with van der Waals surface area (Å²) in [5.41, 5.74) is 8.56. The van der Waals surface area contributed by atoms with Gasteiger partial charge in [-0.25, -0.2) is 0 Å². The van der Waals surface area contributed by atoms with Crippen LogP contribution in [0.4, 0.5) is 0 Å². The molecule has 0 amide bonds. The minimum absolute atomic E-state index is 0.0425. The number of halogens is 2. The molecule has 0 aliphatic heterocycles. The van der Waals surface area contributed by atoms with E-state index in [4.69, 9.17) is 5.73 Å². The van der Waals surface area contributed by atoms with Gasteiger partial charge in [0.2, 0.25) is 0 Å². The van der Waals surface area contributed by atoms with E-state index in [1.807, 2.05) is 0 Å². The third kappa shape index (κ3) is 4.29. The number of rotatable bonds is 6. The predicted molar refractivity (Wildman–Crippen MR) is 99.3 cm³/mol. The molecule has 0 fully saturated rings. The molecular weight excluding hydrogens is 441 g/mol. The number of nitrogens with zero attached hydrogens (tertiary/aromatic N) is 2. The van der Waals surface area contributed by atoms with Crippen LogP contribution < -0.4 is 5.73 Å². The molecule has 0 bridgehead atoms. The van der Waals surface area contributed by atoms with E-state index in [0.717, 1.165) is 35.0 Å². The van der Waals surface area contributed by atoms with Crippen molar-refractivity contribution >= 4 is 38.5 Å². The molecule has 21 heavy (non-hydrogen) atoms. The van der Waals surface area contributed by atoms with E-state index in [9.17, 15) is 0 Å². The summed E-state index contributed by atoms with van der Waals surface area (Å²) in [5.74, 6) is 0. The van der Waals surface area contributed by atoms with E-state index in [-0.39, 0.29) is 6.04 Å². The monoisotopic (exact) mass is 461 g/mol. The fourth-order valence-corrected chi connectivity index (χ4v) is 3.54. The maximum absolute atomic E-state index is 6.36. The van der Waals surface area contributed by atoms with Crippen LogP contribution in [-0.2, 0) is 6.42 Å². The summed E-state index contributed by atoms with van der Waals surface area (Å²) in [7, 11) is 0. The highest BCUT2D eigenvalue weighted by Gasteiger charge is 2.14. The Kier molecular flexibility index (Phi) is 6.25. The molecule has 1 unspecified atom stereocenters. The Balaban J connectivity index is 2.12. The van der Waals surface area contributed by atoms with Gasteiger partial charge in [-0.05, 0) is 65.3 Å². The third-order valence-electron chi connectivity index (χ3n) is 3.77. The van der Waals surface area contributed by atoms with E-state index in [1.165, 1.54) is 3.57 Å². The van der Waals surface area contributed by atoms with Crippen molar-refractivity contribution in [3.05, 3.63) is 49.8 Å². The Hall–Kier alpha value is -0.400. The van der Waals surface area contributed by atoms with Crippen LogP contribution >= 0.6 is 38.5 Å². The van der Waals surface area contributed by atoms with Gasteiger partial charge in [-0.1, -0.05) is 29.8 Å². The number of aromatic nitrogens is 2. The number of benzene rings is 1. The van der Waals surface area contributed by atoms with Crippen molar-refractivity contribution in [2.75, 3.05) is 0 Å². The molecule has 2 N–H and O–H groups in total. The van der Waals surface area contributed by atoms with Crippen molar-refractivity contribution < 1.29 is 0 Å². The standard InChI is InChI=1S/C16H21BrIN3/c1-3-13(4-2)21-8-7-12(20-21)10-16(19)14-9-11(18)5-6-15(14)17/h5-9,13,16H,3-4,10,19H2,1-2H3. The number of hydrogen-bond acceptors (Lipinski definition) is 2. The first-order valence-corrected chi connectivity index (χ1v) is 9.16. The van der Waals surface area contributed by atoms with E-state index in [2.05, 4.69) is 92.6 Å². The molecule has 2 aromatic rings. The molecular formula is C16H21BrIN3. The second-order valence-corrected chi connectivity index (χ2v) is 7.33. The molecule has 3 nitrogen and oxygen atoms in total. The van der Waals surface area contributed by atoms with Crippen LogP contribution in [0.2, 0.25) is 0 Å². The summed E-state index contributed by atoms with van der Waals surface area (Å²) in [6, 6.07) is 8.79. The third-order valence-corrected chi connectivity index (χ3v) is 5.16. The molecule has 0 saturated carbocycles. The second-order valence-electron chi connectivity index (χ2n) is 5.23. The van der Waals surface area contributed by atoms with Crippen LogP contribution in [0.5, 0.6) is 0 Å². The lowest BCUT2D eigenvalue weighted by atomic mass is 10.0. The Labute approximate surface area is 148 Å². The maximum atomic E-state index is 6.36. The van der Waals surface area contributed by atoms with Crippen LogP contribution in [-0.4, -0.2) is 9.78 Å². The fourth-order valence-electron chi connectivity index (χ4n) is 2.49. The van der Waals surface area contributed by atoms with Gasteiger partial charge in [0.15, 0.2) is 0 Å². The molecule has 0 aliphatic rings. The summed E-state index contributed by atoms with van der Waals surface area (Å²) in [5, 5.41) is 4.69. The van der Waals surface area contributed by atoms with E-state index >= 15 is 0 Å². The Bertz CT molecular complexity index is 593. The molecule has 1 atom stereocenters. The largest absolute Gasteiger partial charge is 0.324 e. The van der Waals surface area contributed by atoms with Crippen molar-refractivity contribution in [2.24, 2.45) is 5.73 Å². The Morgan fingerprint density at radius 1 is 1.29 bits per heavy atom. The summed E-state index contributed by atoms with van der Waals surface area (Å²) in [6.45, 7) is 4.40. The smallest absolute Gasteiger partial charge is 0.0643 e. The molecule has 0 aliphatic carbocycles. The zero-order valence-corrected chi connectivity index (χ0v) is 16.1. The summed E-state index contributed by atoms with van der Waals surface area (Å²) >= 11 is 5.90. The van der Waals surface area contributed by atoms with Crippen LogP contribution in [0.3, 0.4) is 0 Å². The van der Waals surface area contributed by atoms with Gasteiger partial charge < -0.3 is 5.73 Å². The normalized spacial score (nSPS) is 12.9. The number of nitrogens with two attached hydrogens (primary N) is 1. The van der Waals surface area contributed by atoms with E-state index in [0.29, 0.717) is 6.04 Å². The zero-order valence-electron chi connectivity index (χ0n) is 12.4. The molecule has 0 spiro atoms. The quantitative estimate of drug-likeness (QED) is 0.624. The lowest BCUT2D eigenvalue weighted by Crippen LogP contribution is -2.15. The summed E-state index contributed by atoms with van der Waals surface area (Å²) in [6.07, 6.45) is 5.04. The van der Waals surface area contributed by atoms with Gasteiger partial charge in [0, 0.05) is 26.7 Å². The molecule has 5 heteroatoms. The first kappa shape index (κ1) is 17.0. The Morgan fingerprint density at radius 2 is 2.00 bits per heavy atom. The van der Waals surface area contributed by atoms with E-state index < -0.39 is 0 Å². The second kappa shape index (κ2) is 7.74. The van der Waals surface area contributed by atoms with Gasteiger partial charge in [0.25, 0.3) is 0 Å². The van der Waals surface area contributed by atoms with Gasteiger partial charge in [-0.2, -0.15) is 5.10 Å². The van der Waals surface area contributed by atoms with Gasteiger partial charge in [-0.3, -0.25) is 4.68 Å². The summed E-state index contributed by atoms with van der Waals surface area (Å²) in [4.78, 5) is 0. The molecule has 2 rings (SSSR count). The molecule has 0 saturated heterocycles. The topological polar surface area (TPSA) is 43.8 Å². The van der Waals surface area contributed by atoms with Crippen molar-refractivity contribution in [1.29, 1.82) is 0 Å². The lowest BCUT2D eigenvalue weighted by Gasteiger charge is -2.14. The highest BCUT2D eigenvalue weighted by Crippen LogP contribution is 2.26. The van der Waals surface area contributed by atoms with Gasteiger partial charge in [-0.15, -0.1) is 0 Å². The molecule has 1 aromatic carbocycles. The van der Waals surface area contributed by atoms with Gasteiger partial charge in [0.1, 0.15) is 0 Å². The summed E-state index contributed by atoms with van der Waals surface area (Å²) < 4.78 is 4.34. The average Bonchev–Trinajstić information content (AvgIpc) is 2.91. The maximum Gasteiger partial charge on any atom is 0.0643 e. The molecule has 0 radical (unpaired) electrons. The van der Waals surface area contributed by atoms with Crippen LogP contribution in [0.15, 0.2) is 34.9 Å². The fraction of sp³-hybridized carbons (Fsp3) is 0.438. The molecule has 114 valence electrons. The minimum atomic E-state index is -0.0425. The SMILES string of the molecule is CCC(CC)n1ccc(CC(N)c2cc(I)ccc2Br)n1. The highest BCUT2D eigenvalue weighted by atomic mass is 127. The molecule has 1 aromatic heterocycles. The Morgan fingerprint density at radius 3 is 2.67 bits per heavy atom. The van der Waals surface area contributed by atoms with Gasteiger partial charge in [0.05, 0.1) is 11.7 Å². The average molecular weight is 462 g/mol. The lowest BCUT2D eigenvalue weighted by molar-refractivity contribution is 0.424. The van der Waals surface area contributed by atoms with Crippen molar-refractivity contribution in [3.63, 3.8) is 0 Å². The van der Waals surface area contributed by atoms with Crippen molar-refractivity contribution in [2.45, 2.75) is 45.2 Å². The highest BCUT2D eigenvalue weighted by molar-refractivity contribution is 14.1. The minimum Gasteiger partial charge on any atom is -0.324 e. The van der Waals surface area contributed by atoms with Gasteiger partial charge >= 0.3 is 0 Å². The first-order valence-electron chi connectivity index (χ1n) is 7.29. The van der Waals surface area contributed by atoms with E-state index in [1.54, 1.807) is 0 Å². The number of hydrogen-bond donors (Lipinski definition) is 1. The van der Waals surface area contributed by atoms with Crippen LogP contribution in [0.1, 0.15) is 50.0 Å². The van der Waals surface area contributed by atoms with Crippen molar-refractivity contribution in [3.8, 4) is 0 Å². The van der Waals surface area contributed by atoms with Crippen LogP contribution in [0, 0.1) is 3.57 Å².